The number of hydrogen-bond acceptors (Lipinski definition) is 3. The summed E-state index contributed by atoms with van der Waals surface area (Å²) >= 11 is 0. The third kappa shape index (κ3) is 5.21. The molecular formula is C15H22O3. The normalized spacial score (nSPS) is 12.1. The molecule has 0 saturated heterocycles. The number of phenols is 1. The first kappa shape index (κ1) is 14.6. The summed E-state index contributed by atoms with van der Waals surface area (Å²) in [6, 6.07) is 7.22. The van der Waals surface area contributed by atoms with Crippen LogP contribution in [0.2, 0.25) is 0 Å². The molecule has 0 aromatic heterocycles. The topological polar surface area (TPSA) is 46.5 Å². The maximum Gasteiger partial charge on any atom is 0.308 e. The van der Waals surface area contributed by atoms with E-state index < -0.39 is 0 Å². The van der Waals surface area contributed by atoms with Gasteiger partial charge in [0, 0.05) is 0 Å². The number of carbonyl (C=O) groups excluding carboxylic acids is 1. The Bertz CT molecular complexity index is 357. The number of ether oxygens (including phenoxy) is 1. The SMILES string of the molecule is CC[C@H](C)C(=O)OCCCCc1ccc(O)cc1. The molecule has 18 heavy (non-hydrogen) atoms. The lowest BCUT2D eigenvalue weighted by molar-refractivity contribution is -0.148. The van der Waals surface area contributed by atoms with E-state index in [4.69, 9.17) is 9.84 Å². The van der Waals surface area contributed by atoms with E-state index in [0.29, 0.717) is 12.4 Å². The Kier molecular flexibility index (Phi) is 6.26. The van der Waals surface area contributed by atoms with Crippen LogP contribution in [0.25, 0.3) is 0 Å². The molecular weight excluding hydrogens is 228 g/mol. The number of carbonyl (C=O) groups is 1. The van der Waals surface area contributed by atoms with Crippen molar-refractivity contribution in [2.75, 3.05) is 6.61 Å². The molecule has 0 aliphatic rings. The van der Waals surface area contributed by atoms with Crippen molar-refractivity contribution in [3.05, 3.63) is 29.8 Å². The largest absolute Gasteiger partial charge is 0.508 e. The van der Waals surface area contributed by atoms with Gasteiger partial charge in [-0.15, -0.1) is 0 Å². The Hall–Kier alpha value is -1.51. The lowest BCUT2D eigenvalue weighted by Crippen LogP contribution is -2.14. The third-order valence-electron chi connectivity index (χ3n) is 3.06. The monoisotopic (exact) mass is 250 g/mol. The molecule has 0 unspecified atom stereocenters. The maximum atomic E-state index is 11.4. The standard InChI is InChI=1S/C15H22O3/c1-3-12(2)15(17)18-11-5-4-6-13-7-9-14(16)10-8-13/h7-10,12,16H,3-6,11H2,1-2H3/t12-/m0/s1. The molecule has 100 valence electrons. The summed E-state index contributed by atoms with van der Waals surface area (Å²) in [6.45, 7) is 4.37. The molecule has 3 nitrogen and oxygen atoms in total. The molecule has 1 aromatic carbocycles. The molecule has 1 atom stereocenters. The Morgan fingerprint density at radius 3 is 2.56 bits per heavy atom. The van der Waals surface area contributed by atoms with Gasteiger partial charge in [0.1, 0.15) is 5.75 Å². The lowest BCUT2D eigenvalue weighted by atomic mass is 10.1. The van der Waals surface area contributed by atoms with Gasteiger partial charge in [-0.2, -0.15) is 0 Å². The number of aryl methyl sites for hydroxylation is 1. The predicted molar refractivity (Wildman–Crippen MR) is 71.5 cm³/mol. The highest BCUT2D eigenvalue weighted by molar-refractivity contribution is 5.71. The van der Waals surface area contributed by atoms with Crippen molar-refractivity contribution in [3.8, 4) is 5.75 Å². The summed E-state index contributed by atoms with van der Waals surface area (Å²) in [7, 11) is 0. The van der Waals surface area contributed by atoms with Crippen LogP contribution in [0.3, 0.4) is 0 Å². The zero-order chi connectivity index (χ0) is 13.4. The van der Waals surface area contributed by atoms with E-state index in [1.165, 1.54) is 5.56 Å². The van der Waals surface area contributed by atoms with Crippen molar-refractivity contribution in [2.45, 2.75) is 39.5 Å². The highest BCUT2D eigenvalue weighted by Crippen LogP contribution is 2.12. The van der Waals surface area contributed by atoms with Crippen LogP contribution in [0, 0.1) is 5.92 Å². The van der Waals surface area contributed by atoms with E-state index in [9.17, 15) is 4.79 Å². The van der Waals surface area contributed by atoms with E-state index in [-0.39, 0.29) is 11.9 Å². The fourth-order valence-electron chi connectivity index (χ4n) is 1.58. The number of unbranched alkanes of at least 4 members (excludes halogenated alkanes) is 1. The van der Waals surface area contributed by atoms with Crippen molar-refractivity contribution >= 4 is 5.97 Å². The van der Waals surface area contributed by atoms with Gasteiger partial charge in [0.2, 0.25) is 0 Å². The number of rotatable bonds is 7. The summed E-state index contributed by atoms with van der Waals surface area (Å²) < 4.78 is 5.17. The highest BCUT2D eigenvalue weighted by atomic mass is 16.5. The van der Waals surface area contributed by atoms with Gasteiger partial charge in [0.05, 0.1) is 12.5 Å². The fraction of sp³-hybridized carbons (Fsp3) is 0.533. The highest BCUT2D eigenvalue weighted by Gasteiger charge is 2.10. The number of phenolic OH excluding ortho intramolecular Hbond substituents is 1. The Morgan fingerprint density at radius 2 is 1.94 bits per heavy atom. The average molecular weight is 250 g/mol. The van der Waals surface area contributed by atoms with Crippen LogP contribution >= 0.6 is 0 Å². The van der Waals surface area contributed by atoms with E-state index in [1.807, 2.05) is 26.0 Å². The van der Waals surface area contributed by atoms with Crippen LogP contribution < -0.4 is 0 Å². The molecule has 1 aromatic rings. The number of benzene rings is 1. The first-order valence-corrected chi connectivity index (χ1v) is 6.58. The Labute approximate surface area is 109 Å². The first-order valence-electron chi connectivity index (χ1n) is 6.58. The second-order valence-corrected chi connectivity index (χ2v) is 4.60. The van der Waals surface area contributed by atoms with E-state index in [2.05, 4.69) is 0 Å². The van der Waals surface area contributed by atoms with Gasteiger partial charge in [-0.3, -0.25) is 4.79 Å². The van der Waals surface area contributed by atoms with E-state index in [1.54, 1.807) is 12.1 Å². The van der Waals surface area contributed by atoms with E-state index in [0.717, 1.165) is 25.7 Å². The van der Waals surface area contributed by atoms with Crippen molar-refractivity contribution in [3.63, 3.8) is 0 Å². The zero-order valence-electron chi connectivity index (χ0n) is 11.2. The van der Waals surface area contributed by atoms with Gasteiger partial charge < -0.3 is 9.84 Å². The lowest BCUT2D eigenvalue weighted by Gasteiger charge is -2.09. The van der Waals surface area contributed by atoms with Crippen LogP contribution in [0.4, 0.5) is 0 Å². The summed E-state index contributed by atoms with van der Waals surface area (Å²) in [5.74, 6) is 0.200. The zero-order valence-corrected chi connectivity index (χ0v) is 11.2. The second-order valence-electron chi connectivity index (χ2n) is 4.60. The Morgan fingerprint density at radius 1 is 1.28 bits per heavy atom. The number of aromatic hydroxyl groups is 1. The molecule has 0 radical (unpaired) electrons. The van der Waals surface area contributed by atoms with Gasteiger partial charge in [0.15, 0.2) is 0 Å². The molecule has 1 N–H and O–H groups in total. The van der Waals surface area contributed by atoms with Gasteiger partial charge in [-0.1, -0.05) is 26.0 Å². The minimum atomic E-state index is -0.0952. The third-order valence-corrected chi connectivity index (χ3v) is 3.06. The van der Waals surface area contributed by atoms with Gasteiger partial charge in [-0.25, -0.2) is 0 Å². The van der Waals surface area contributed by atoms with Gasteiger partial charge in [0.25, 0.3) is 0 Å². The molecule has 1 rings (SSSR count). The summed E-state index contributed by atoms with van der Waals surface area (Å²) in [6.07, 6.45) is 3.63. The van der Waals surface area contributed by atoms with Crippen LogP contribution in [0.15, 0.2) is 24.3 Å². The minimum Gasteiger partial charge on any atom is -0.508 e. The van der Waals surface area contributed by atoms with Crippen LogP contribution in [-0.4, -0.2) is 17.7 Å². The fourth-order valence-corrected chi connectivity index (χ4v) is 1.58. The van der Waals surface area contributed by atoms with Crippen LogP contribution in [0.1, 0.15) is 38.7 Å². The summed E-state index contributed by atoms with van der Waals surface area (Å²) in [5.41, 5.74) is 1.20. The van der Waals surface area contributed by atoms with Crippen molar-refractivity contribution in [1.82, 2.24) is 0 Å². The second kappa shape index (κ2) is 7.75. The molecule has 0 saturated carbocycles. The summed E-state index contributed by atoms with van der Waals surface area (Å²) in [4.78, 5) is 11.4. The predicted octanol–water partition coefficient (Wildman–Crippen LogP) is 3.30. The maximum absolute atomic E-state index is 11.4. The minimum absolute atomic E-state index is 0.00194. The molecule has 0 bridgehead atoms. The van der Waals surface area contributed by atoms with Crippen LogP contribution in [-0.2, 0) is 16.0 Å². The molecule has 0 fully saturated rings. The molecule has 3 heteroatoms. The molecule has 0 aliphatic carbocycles. The quantitative estimate of drug-likeness (QED) is 0.596. The first-order chi connectivity index (χ1) is 8.63. The van der Waals surface area contributed by atoms with E-state index >= 15 is 0 Å². The van der Waals surface area contributed by atoms with Crippen molar-refractivity contribution in [2.24, 2.45) is 5.92 Å². The molecule has 0 heterocycles. The van der Waals surface area contributed by atoms with Crippen molar-refractivity contribution < 1.29 is 14.6 Å². The average Bonchev–Trinajstić information content (AvgIpc) is 2.39. The number of hydrogen-bond donors (Lipinski definition) is 1. The Balaban J connectivity index is 2.12. The molecule has 0 aliphatic heterocycles. The smallest absolute Gasteiger partial charge is 0.308 e. The molecule has 0 spiro atoms. The van der Waals surface area contributed by atoms with Gasteiger partial charge >= 0.3 is 5.97 Å². The van der Waals surface area contributed by atoms with Crippen LogP contribution in [0.5, 0.6) is 5.75 Å². The number of esters is 1. The molecule has 0 amide bonds. The summed E-state index contributed by atoms with van der Waals surface area (Å²) in [5, 5.41) is 9.15. The van der Waals surface area contributed by atoms with Gasteiger partial charge in [-0.05, 0) is 43.4 Å². The van der Waals surface area contributed by atoms with Crippen molar-refractivity contribution in [1.29, 1.82) is 0 Å².